The summed E-state index contributed by atoms with van der Waals surface area (Å²) in [6, 6.07) is 7.43. The van der Waals surface area contributed by atoms with Gasteiger partial charge in [0, 0.05) is 38.3 Å². The summed E-state index contributed by atoms with van der Waals surface area (Å²) in [6.07, 6.45) is 3.84. The third kappa shape index (κ3) is 4.46. The molecule has 0 spiro atoms. The number of piperazine rings is 1. The van der Waals surface area contributed by atoms with Crippen molar-refractivity contribution >= 4 is 0 Å². The third-order valence-corrected chi connectivity index (χ3v) is 5.64. The number of rotatable bonds is 7. The van der Waals surface area contributed by atoms with Crippen LogP contribution in [0.15, 0.2) is 18.2 Å². The molecule has 1 N–H and O–H groups in total. The minimum absolute atomic E-state index is 0.411. The van der Waals surface area contributed by atoms with Crippen LogP contribution in [0.2, 0.25) is 0 Å². The molecule has 2 unspecified atom stereocenters. The molecule has 0 bridgehead atoms. The molecule has 2 saturated heterocycles. The van der Waals surface area contributed by atoms with Gasteiger partial charge in [-0.05, 0) is 50.0 Å². The van der Waals surface area contributed by atoms with Gasteiger partial charge in [-0.15, -0.1) is 0 Å². The van der Waals surface area contributed by atoms with Crippen LogP contribution in [-0.4, -0.2) is 69.3 Å². The van der Waals surface area contributed by atoms with Crippen molar-refractivity contribution in [2.75, 3.05) is 53.5 Å². The van der Waals surface area contributed by atoms with E-state index >= 15 is 0 Å². The van der Waals surface area contributed by atoms with Crippen molar-refractivity contribution in [2.24, 2.45) is 0 Å². The number of ether oxygens (including phenoxy) is 2. The molecule has 2 heterocycles. The van der Waals surface area contributed by atoms with Crippen LogP contribution in [-0.2, 0) is 0 Å². The van der Waals surface area contributed by atoms with E-state index in [0.29, 0.717) is 12.1 Å². The largest absolute Gasteiger partial charge is 0.493 e. The van der Waals surface area contributed by atoms with Crippen molar-refractivity contribution in [2.45, 2.75) is 38.3 Å². The van der Waals surface area contributed by atoms with Gasteiger partial charge < -0.3 is 19.7 Å². The molecule has 5 nitrogen and oxygen atoms in total. The first-order chi connectivity index (χ1) is 12.2. The predicted molar refractivity (Wildman–Crippen MR) is 102 cm³/mol. The van der Waals surface area contributed by atoms with Gasteiger partial charge in [0.1, 0.15) is 0 Å². The third-order valence-electron chi connectivity index (χ3n) is 5.64. The fourth-order valence-electron chi connectivity index (χ4n) is 4.11. The van der Waals surface area contributed by atoms with Crippen LogP contribution in [0, 0.1) is 0 Å². The predicted octanol–water partition coefficient (Wildman–Crippen LogP) is 2.52. The summed E-state index contributed by atoms with van der Waals surface area (Å²) < 4.78 is 11.0. The number of hydrogen-bond acceptors (Lipinski definition) is 5. The summed E-state index contributed by atoms with van der Waals surface area (Å²) in [5.41, 5.74) is 1.33. The van der Waals surface area contributed by atoms with E-state index in [-0.39, 0.29) is 0 Å². The lowest BCUT2D eigenvalue weighted by Crippen LogP contribution is -2.52. The summed E-state index contributed by atoms with van der Waals surface area (Å²) in [5, 5.41) is 3.64. The van der Waals surface area contributed by atoms with Gasteiger partial charge in [0.25, 0.3) is 0 Å². The Kier molecular flexibility index (Phi) is 6.57. The Balaban J connectivity index is 1.84. The van der Waals surface area contributed by atoms with Gasteiger partial charge in [-0.2, -0.15) is 0 Å². The maximum absolute atomic E-state index is 5.56. The molecule has 1 aromatic rings. The molecule has 3 rings (SSSR count). The summed E-state index contributed by atoms with van der Waals surface area (Å²) in [4.78, 5) is 5.27. The van der Waals surface area contributed by atoms with Crippen LogP contribution >= 0.6 is 0 Å². The highest BCUT2D eigenvalue weighted by Crippen LogP contribution is 2.33. The van der Waals surface area contributed by atoms with Gasteiger partial charge in [-0.3, -0.25) is 4.90 Å². The topological polar surface area (TPSA) is 37.0 Å². The Bertz CT molecular complexity index is 546. The van der Waals surface area contributed by atoms with Gasteiger partial charge >= 0.3 is 0 Å². The molecule has 2 aliphatic rings. The Labute approximate surface area is 152 Å². The van der Waals surface area contributed by atoms with E-state index in [4.69, 9.17) is 9.47 Å². The normalized spacial score (nSPS) is 23.6. The van der Waals surface area contributed by atoms with Crippen molar-refractivity contribution in [1.29, 1.82) is 0 Å². The molecule has 1 aromatic carbocycles. The van der Waals surface area contributed by atoms with Crippen molar-refractivity contribution in [3.8, 4) is 11.5 Å². The smallest absolute Gasteiger partial charge is 0.161 e. The van der Waals surface area contributed by atoms with E-state index in [9.17, 15) is 0 Å². The van der Waals surface area contributed by atoms with Crippen LogP contribution in [0.25, 0.3) is 0 Å². The van der Waals surface area contributed by atoms with Crippen LogP contribution in [0.5, 0.6) is 11.5 Å². The lowest BCUT2D eigenvalue weighted by molar-refractivity contribution is 0.112. The minimum Gasteiger partial charge on any atom is -0.493 e. The van der Waals surface area contributed by atoms with Crippen molar-refractivity contribution in [3.05, 3.63) is 23.8 Å². The standard InChI is InChI=1S/C20H33N3O2/c1-4-17-14-23(12-9-21-17)18(15-22-10-5-6-11-22)16-7-8-19(24-2)20(13-16)25-3/h7-8,13,17-18,21H,4-6,9-12,14-15H2,1-3H3. The number of benzene rings is 1. The van der Waals surface area contributed by atoms with Gasteiger partial charge in [-0.1, -0.05) is 13.0 Å². The SMILES string of the molecule is CCC1CN(C(CN2CCCC2)c2ccc(OC)c(OC)c2)CCN1. The Morgan fingerprint density at radius 2 is 1.88 bits per heavy atom. The number of likely N-dealkylation sites (tertiary alicyclic amines) is 1. The summed E-state index contributed by atoms with van der Waals surface area (Å²) in [7, 11) is 3.41. The molecule has 2 fully saturated rings. The van der Waals surface area contributed by atoms with Gasteiger partial charge in [-0.25, -0.2) is 0 Å². The number of hydrogen-bond donors (Lipinski definition) is 1. The lowest BCUT2D eigenvalue weighted by atomic mass is 10.0. The molecule has 0 amide bonds. The minimum atomic E-state index is 0.411. The highest BCUT2D eigenvalue weighted by Gasteiger charge is 2.29. The Hall–Kier alpha value is -1.30. The number of nitrogens with zero attached hydrogens (tertiary/aromatic N) is 2. The molecule has 0 aliphatic carbocycles. The van der Waals surface area contributed by atoms with Crippen LogP contribution in [0.3, 0.4) is 0 Å². The molecule has 140 valence electrons. The molecule has 25 heavy (non-hydrogen) atoms. The second kappa shape index (κ2) is 8.88. The van der Waals surface area contributed by atoms with Crippen molar-refractivity contribution < 1.29 is 9.47 Å². The summed E-state index contributed by atoms with van der Waals surface area (Å²) in [6.45, 7) is 9.12. The van der Waals surface area contributed by atoms with E-state index in [1.54, 1.807) is 14.2 Å². The molecule has 0 radical (unpaired) electrons. The zero-order valence-electron chi connectivity index (χ0n) is 16.0. The fraction of sp³-hybridized carbons (Fsp3) is 0.700. The Morgan fingerprint density at radius 3 is 2.56 bits per heavy atom. The molecular weight excluding hydrogens is 314 g/mol. The average molecular weight is 348 g/mol. The fourth-order valence-corrected chi connectivity index (χ4v) is 4.11. The first-order valence-corrected chi connectivity index (χ1v) is 9.66. The van der Waals surface area contributed by atoms with E-state index in [2.05, 4.69) is 34.2 Å². The number of nitrogens with one attached hydrogen (secondary N) is 1. The van der Waals surface area contributed by atoms with Gasteiger partial charge in [0.05, 0.1) is 14.2 Å². The van der Waals surface area contributed by atoms with E-state index in [0.717, 1.165) is 37.7 Å². The number of methoxy groups -OCH3 is 2. The quantitative estimate of drug-likeness (QED) is 0.820. The second-order valence-corrected chi connectivity index (χ2v) is 7.19. The van der Waals surface area contributed by atoms with Gasteiger partial charge in [0.2, 0.25) is 0 Å². The molecular formula is C20H33N3O2. The van der Waals surface area contributed by atoms with Gasteiger partial charge in [0.15, 0.2) is 11.5 Å². The van der Waals surface area contributed by atoms with Crippen LogP contribution in [0.4, 0.5) is 0 Å². The first-order valence-electron chi connectivity index (χ1n) is 9.66. The van der Waals surface area contributed by atoms with Crippen molar-refractivity contribution in [3.63, 3.8) is 0 Å². The highest BCUT2D eigenvalue weighted by atomic mass is 16.5. The zero-order valence-corrected chi connectivity index (χ0v) is 16.0. The molecule has 0 saturated carbocycles. The summed E-state index contributed by atoms with van der Waals surface area (Å²) in [5.74, 6) is 1.63. The maximum Gasteiger partial charge on any atom is 0.161 e. The Morgan fingerprint density at radius 1 is 1.12 bits per heavy atom. The van der Waals surface area contributed by atoms with E-state index in [1.165, 1.54) is 37.9 Å². The van der Waals surface area contributed by atoms with Crippen LogP contribution in [0.1, 0.15) is 37.8 Å². The monoisotopic (exact) mass is 347 g/mol. The molecule has 2 aliphatic heterocycles. The zero-order chi connectivity index (χ0) is 17.6. The average Bonchev–Trinajstić information content (AvgIpc) is 3.19. The van der Waals surface area contributed by atoms with Crippen LogP contribution < -0.4 is 14.8 Å². The first kappa shape index (κ1) is 18.5. The second-order valence-electron chi connectivity index (χ2n) is 7.19. The lowest BCUT2D eigenvalue weighted by Gasteiger charge is -2.40. The van der Waals surface area contributed by atoms with E-state index in [1.807, 2.05) is 6.07 Å². The highest BCUT2D eigenvalue weighted by molar-refractivity contribution is 5.44. The summed E-state index contributed by atoms with van der Waals surface area (Å²) >= 11 is 0. The van der Waals surface area contributed by atoms with Crippen molar-refractivity contribution in [1.82, 2.24) is 15.1 Å². The maximum atomic E-state index is 5.56. The molecule has 0 aromatic heterocycles. The van der Waals surface area contributed by atoms with E-state index < -0.39 is 0 Å². The molecule has 2 atom stereocenters. The molecule has 5 heteroatoms.